The first-order valence-corrected chi connectivity index (χ1v) is 13.8. The standard InChI is InChI=1S/C29H28BrN3O4S/c1-6-15-37-22-14-13-20(30)16-19(22)17-24-27(34)33-26(21-11-9-10-12-23(21)36-5)25(18(4)31-29(33)38-24)28(35)32(7-2)8-3/h1,9-14,16-17,26H,7-8,15H2,2-5H3/b24-17+/t26-/m0/s1. The molecule has 0 radical (unpaired) electrons. The van der Waals surface area contributed by atoms with Crippen molar-refractivity contribution in [1.82, 2.24) is 9.47 Å². The van der Waals surface area contributed by atoms with Gasteiger partial charge in [0.25, 0.3) is 11.5 Å². The summed E-state index contributed by atoms with van der Waals surface area (Å²) in [4.78, 5) is 34.7. The Morgan fingerprint density at radius 1 is 1.24 bits per heavy atom. The summed E-state index contributed by atoms with van der Waals surface area (Å²) in [7, 11) is 1.58. The first-order valence-electron chi connectivity index (χ1n) is 12.1. The van der Waals surface area contributed by atoms with E-state index in [4.69, 9.17) is 20.9 Å². The van der Waals surface area contributed by atoms with E-state index in [2.05, 4.69) is 21.9 Å². The third-order valence-electron chi connectivity index (χ3n) is 6.31. The topological polar surface area (TPSA) is 73.1 Å². The fourth-order valence-corrected chi connectivity index (χ4v) is 5.90. The molecule has 2 aromatic carbocycles. The molecule has 9 heteroatoms. The van der Waals surface area contributed by atoms with Gasteiger partial charge in [-0.25, -0.2) is 4.99 Å². The van der Waals surface area contributed by atoms with E-state index in [1.165, 1.54) is 11.3 Å². The molecule has 1 atom stereocenters. The van der Waals surface area contributed by atoms with Crippen LogP contribution in [0.5, 0.6) is 11.5 Å². The Morgan fingerprint density at radius 2 is 1.97 bits per heavy atom. The maximum Gasteiger partial charge on any atom is 0.271 e. The molecule has 1 aliphatic rings. The fraction of sp³-hybridized carbons (Fsp3) is 0.276. The lowest BCUT2D eigenvalue weighted by Crippen LogP contribution is -2.43. The van der Waals surface area contributed by atoms with Crippen LogP contribution in [0.3, 0.4) is 0 Å². The van der Waals surface area contributed by atoms with Gasteiger partial charge >= 0.3 is 0 Å². The highest BCUT2D eigenvalue weighted by Gasteiger charge is 2.35. The molecule has 4 rings (SSSR count). The molecule has 1 amide bonds. The molecule has 38 heavy (non-hydrogen) atoms. The average Bonchev–Trinajstić information content (AvgIpc) is 3.22. The minimum absolute atomic E-state index is 0.105. The van der Waals surface area contributed by atoms with Crippen LogP contribution in [-0.4, -0.2) is 42.2 Å². The Labute approximate surface area is 233 Å². The molecule has 0 bridgehead atoms. The third kappa shape index (κ3) is 5.19. The van der Waals surface area contributed by atoms with Gasteiger partial charge in [-0.1, -0.05) is 51.4 Å². The molecular formula is C29H28BrN3O4S. The lowest BCUT2D eigenvalue weighted by atomic mass is 9.94. The van der Waals surface area contributed by atoms with Gasteiger partial charge in [0, 0.05) is 28.7 Å². The predicted molar refractivity (Wildman–Crippen MR) is 153 cm³/mol. The van der Waals surface area contributed by atoms with Gasteiger partial charge in [-0.05, 0) is 51.1 Å². The minimum atomic E-state index is -0.697. The third-order valence-corrected chi connectivity index (χ3v) is 7.78. The van der Waals surface area contributed by atoms with Crippen molar-refractivity contribution in [1.29, 1.82) is 0 Å². The highest BCUT2D eigenvalue weighted by molar-refractivity contribution is 9.10. The summed E-state index contributed by atoms with van der Waals surface area (Å²) >= 11 is 4.75. The molecule has 0 aliphatic carbocycles. The van der Waals surface area contributed by atoms with Crippen molar-refractivity contribution in [3.63, 3.8) is 0 Å². The Balaban J connectivity index is 1.99. The van der Waals surface area contributed by atoms with Crippen LogP contribution in [0.15, 0.2) is 68.0 Å². The van der Waals surface area contributed by atoms with Crippen molar-refractivity contribution in [3.8, 4) is 23.8 Å². The number of amides is 1. The maximum absolute atomic E-state index is 14.0. The second-order valence-corrected chi connectivity index (χ2v) is 10.4. The van der Waals surface area contributed by atoms with Gasteiger partial charge < -0.3 is 14.4 Å². The lowest BCUT2D eigenvalue weighted by molar-refractivity contribution is -0.127. The minimum Gasteiger partial charge on any atom is -0.496 e. The number of halogens is 1. The van der Waals surface area contributed by atoms with Crippen molar-refractivity contribution in [2.24, 2.45) is 4.99 Å². The molecule has 1 aliphatic heterocycles. The number of thiazole rings is 1. The number of nitrogens with zero attached hydrogens (tertiary/aromatic N) is 3. The zero-order valence-electron chi connectivity index (χ0n) is 21.7. The van der Waals surface area contributed by atoms with Crippen LogP contribution in [0.25, 0.3) is 6.08 Å². The molecular weight excluding hydrogens is 566 g/mol. The number of para-hydroxylation sites is 1. The SMILES string of the molecule is C#CCOc1ccc(Br)cc1/C=c1/sc2n(c1=O)[C@@H](c1ccccc1OC)C(C(=O)N(CC)CC)=C(C)N=2. The number of hydrogen-bond donors (Lipinski definition) is 0. The van der Waals surface area contributed by atoms with E-state index in [-0.39, 0.29) is 18.1 Å². The van der Waals surface area contributed by atoms with Crippen LogP contribution in [0.2, 0.25) is 0 Å². The number of hydrogen-bond acceptors (Lipinski definition) is 6. The molecule has 0 N–H and O–H groups in total. The van der Waals surface area contributed by atoms with Crippen molar-refractivity contribution in [2.45, 2.75) is 26.8 Å². The second kappa shape index (κ2) is 11.8. The molecule has 0 spiro atoms. The van der Waals surface area contributed by atoms with E-state index in [0.29, 0.717) is 56.3 Å². The Hall–Kier alpha value is -3.61. The molecule has 3 aromatic rings. The molecule has 7 nitrogen and oxygen atoms in total. The normalized spacial score (nSPS) is 14.9. The Morgan fingerprint density at radius 3 is 2.66 bits per heavy atom. The molecule has 0 saturated heterocycles. The van der Waals surface area contributed by atoms with Gasteiger partial charge in [0.2, 0.25) is 0 Å². The number of methoxy groups -OCH3 is 1. The van der Waals surface area contributed by atoms with Crippen LogP contribution < -0.4 is 24.4 Å². The molecule has 0 fully saturated rings. The first-order chi connectivity index (χ1) is 18.3. The summed E-state index contributed by atoms with van der Waals surface area (Å²) in [6.07, 6.45) is 7.15. The van der Waals surface area contributed by atoms with Gasteiger partial charge in [-0.2, -0.15) is 0 Å². The number of rotatable bonds is 8. The lowest BCUT2D eigenvalue weighted by Gasteiger charge is -2.29. The molecule has 0 saturated carbocycles. The summed E-state index contributed by atoms with van der Waals surface area (Å²) in [5.41, 5.74) is 2.19. The Kier molecular flexibility index (Phi) is 8.55. The zero-order valence-corrected chi connectivity index (χ0v) is 24.1. The van der Waals surface area contributed by atoms with E-state index in [1.807, 2.05) is 57.2 Å². The number of ether oxygens (including phenoxy) is 2. The number of aromatic nitrogens is 1. The van der Waals surface area contributed by atoms with Gasteiger partial charge in [0.1, 0.15) is 24.1 Å². The van der Waals surface area contributed by atoms with Crippen molar-refractivity contribution >= 4 is 39.2 Å². The summed E-state index contributed by atoms with van der Waals surface area (Å²) in [6.45, 7) is 6.87. The average molecular weight is 595 g/mol. The van der Waals surface area contributed by atoms with Crippen molar-refractivity contribution < 1.29 is 14.3 Å². The van der Waals surface area contributed by atoms with E-state index in [0.717, 1.165) is 4.47 Å². The Bertz CT molecular complexity index is 1630. The number of allylic oxidation sites excluding steroid dienone is 1. The van der Waals surface area contributed by atoms with Gasteiger partial charge in [0.15, 0.2) is 4.80 Å². The van der Waals surface area contributed by atoms with Crippen molar-refractivity contribution in [2.75, 3.05) is 26.8 Å². The number of likely N-dealkylation sites (N-methyl/N-ethyl adjacent to an activating group) is 1. The zero-order chi connectivity index (χ0) is 27.4. The van der Waals surface area contributed by atoms with Gasteiger partial charge in [0.05, 0.1) is 22.9 Å². The van der Waals surface area contributed by atoms with E-state index in [1.54, 1.807) is 28.7 Å². The van der Waals surface area contributed by atoms with Crippen molar-refractivity contribution in [3.05, 3.63) is 89.0 Å². The summed E-state index contributed by atoms with van der Waals surface area (Å²) in [5, 5.41) is 0. The number of benzene rings is 2. The van der Waals surface area contributed by atoms with E-state index >= 15 is 0 Å². The quantitative estimate of drug-likeness (QED) is 0.371. The fourth-order valence-electron chi connectivity index (χ4n) is 4.49. The summed E-state index contributed by atoms with van der Waals surface area (Å²) in [6, 6.07) is 12.3. The largest absolute Gasteiger partial charge is 0.496 e. The highest BCUT2D eigenvalue weighted by atomic mass is 79.9. The monoisotopic (exact) mass is 593 g/mol. The van der Waals surface area contributed by atoms with Gasteiger partial charge in [-0.15, -0.1) is 6.42 Å². The second-order valence-electron chi connectivity index (χ2n) is 8.48. The summed E-state index contributed by atoms with van der Waals surface area (Å²) < 4.78 is 14.2. The van der Waals surface area contributed by atoms with Crippen LogP contribution in [0, 0.1) is 12.3 Å². The van der Waals surface area contributed by atoms with Crippen LogP contribution in [-0.2, 0) is 4.79 Å². The van der Waals surface area contributed by atoms with E-state index in [9.17, 15) is 9.59 Å². The molecule has 1 aromatic heterocycles. The van der Waals surface area contributed by atoms with Gasteiger partial charge in [-0.3, -0.25) is 14.2 Å². The smallest absolute Gasteiger partial charge is 0.271 e. The summed E-state index contributed by atoms with van der Waals surface area (Å²) in [5.74, 6) is 3.46. The van der Waals surface area contributed by atoms with Crippen LogP contribution >= 0.6 is 27.3 Å². The highest BCUT2D eigenvalue weighted by Crippen LogP contribution is 2.36. The molecule has 196 valence electrons. The molecule has 0 unspecified atom stereocenters. The van der Waals surface area contributed by atoms with E-state index < -0.39 is 6.04 Å². The van der Waals surface area contributed by atoms with Crippen LogP contribution in [0.4, 0.5) is 0 Å². The number of carbonyl (C=O) groups is 1. The molecule has 2 heterocycles. The maximum atomic E-state index is 14.0. The predicted octanol–water partition coefficient (Wildman–Crippen LogP) is 3.89. The first kappa shape index (κ1) is 27.4. The number of fused-ring (bicyclic) bond motifs is 1. The number of carbonyl (C=O) groups excluding carboxylic acids is 1. The number of terminal acetylenes is 1. The van der Waals surface area contributed by atoms with Crippen LogP contribution in [0.1, 0.15) is 37.9 Å².